The van der Waals surface area contributed by atoms with Gasteiger partial charge in [-0.1, -0.05) is 0 Å². The van der Waals surface area contributed by atoms with Crippen LogP contribution in [0.4, 0.5) is 13.2 Å². The molecule has 0 aliphatic heterocycles. The van der Waals surface area contributed by atoms with Crippen LogP contribution >= 0.6 is 0 Å². The summed E-state index contributed by atoms with van der Waals surface area (Å²) in [6.07, 6.45) is -5.20. The van der Waals surface area contributed by atoms with Crippen molar-refractivity contribution in [3.05, 3.63) is 11.6 Å². The number of esters is 1. The number of methoxy groups -OCH3 is 2. The lowest BCUT2D eigenvalue weighted by Crippen LogP contribution is -2.39. The van der Waals surface area contributed by atoms with Crippen LogP contribution < -0.4 is 5.32 Å². The number of amides is 1. The highest BCUT2D eigenvalue weighted by Gasteiger charge is 2.40. The van der Waals surface area contributed by atoms with E-state index < -0.39 is 29.7 Å². The summed E-state index contributed by atoms with van der Waals surface area (Å²) in [5.41, 5.74) is -1.13. The Morgan fingerprint density at radius 3 is 2.00 bits per heavy atom. The van der Waals surface area contributed by atoms with E-state index in [1.807, 2.05) is 0 Å². The highest BCUT2D eigenvalue weighted by atomic mass is 19.4. The summed E-state index contributed by atoms with van der Waals surface area (Å²) >= 11 is 0. The van der Waals surface area contributed by atoms with E-state index in [0.29, 0.717) is 0 Å². The second-order valence-electron chi connectivity index (χ2n) is 2.33. The Kier molecular flexibility index (Phi) is 4.60. The molecule has 0 fully saturated rings. The molecule has 6 nitrogen and oxygen atoms in total. The molecule has 16 heavy (non-hydrogen) atoms. The Balaban J connectivity index is 4.99. The number of alkyl halides is 3. The van der Waals surface area contributed by atoms with Crippen LogP contribution in [-0.2, 0) is 19.1 Å². The number of halogens is 3. The molecule has 0 unspecified atom stereocenters. The number of ether oxygens (including phenoxy) is 2. The molecule has 1 amide bonds. The molecule has 0 aliphatic carbocycles. The average molecular weight is 243 g/mol. The summed E-state index contributed by atoms with van der Waals surface area (Å²) in [6, 6.07) is 0. The standard InChI is InChI=1S/C7H8F3NO5/c1-15-4(12)3(5(13)16-2)11-6(14)7(8,9)10/h12H,1-2H3,(H,11,14)/b4-3-. The third-order valence-electron chi connectivity index (χ3n) is 1.29. The van der Waals surface area contributed by atoms with E-state index in [0.717, 1.165) is 19.5 Å². The van der Waals surface area contributed by atoms with Gasteiger partial charge in [0.25, 0.3) is 0 Å². The molecule has 0 aromatic carbocycles. The molecule has 0 bridgehead atoms. The molecule has 0 aromatic heterocycles. The van der Waals surface area contributed by atoms with E-state index in [9.17, 15) is 22.8 Å². The SMILES string of the molecule is COC(=O)/C(NC(=O)C(F)(F)F)=C(\O)OC. The molecule has 0 aromatic rings. The van der Waals surface area contributed by atoms with Crippen molar-refractivity contribution >= 4 is 11.9 Å². The van der Waals surface area contributed by atoms with E-state index in [-0.39, 0.29) is 0 Å². The predicted molar refractivity (Wildman–Crippen MR) is 42.9 cm³/mol. The minimum atomic E-state index is -5.20. The Morgan fingerprint density at radius 2 is 1.69 bits per heavy atom. The van der Waals surface area contributed by atoms with Crippen molar-refractivity contribution in [1.29, 1.82) is 0 Å². The van der Waals surface area contributed by atoms with Gasteiger partial charge in [0.05, 0.1) is 14.2 Å². The van der Waals surface area contributed by atoms with Crippen LogP contribution in [0.5, 0.6) is 0 Å². The number of carbonyl (C=O) groups is 2. The normalized spacial score (nSPS) is 12.6. The molecule has 0 aliphatic rings. The van der Waals surface area contributed by atoms with Gasteiger partial charge in [0, 0.05) is 0 Å². The number of nitrogens with one attached hydrogen (secondary N) is 1. The fourth-order valence-corrected chi connectivity index (χ4v) is 0.580. The first-order chi connectivity index (χ1) is 7.23. The maximum atomic E-state index is 11.8. The number of hydrogen-bond donors (Lipinski definition) is 2. The van der Waals surface area contributed by atoms with Gasteiger partial charge >= 0.3 is 24.0 Å². The molecule has 0 rings (SSSR count). The summed E-state index contributed by atoms with van der Waals surface area (Å²) in [5.74, 6) is -5.00. The molecule has 0 heterocycles. The number of hydrogen-bond acceptors (Lipinski definition) is 5. The highest BCUT2D eigenvalue weighted by molar-refractivity contribution is 5.95. The third kappa shape index (κ3) is 3.67. The number of aliphatic hydroxyl groups excluding tert-OH is 1. The lowest BCUT2D eigenvalue weighted by molar-refractivity contribution is -0.173. The fourth-order valence-electron chi connectivity index (χ4n) is 0.580. The van der Waals surface area contributed by atoms with E-state index >= 15 is 0 Å². The first kappa shape index (κ1) is 14.1. The number of carbonyl (C=O) groups excluding carboxylic acids is 2. The van der Waals surface area contributed by atoms with Crippen LogP contribution in [0.25, 0.3) is 0 Å². The molecule has 2 N–H and O–H groups in total. The van der Waals surface area contributed by atoms with Crippen molar-refractivity contribution in [3.63, 3.8) is 0 Å². The molecule has 9 heteroatoms. The molecule has 92 valence electrons. The molecular weight excluding hydrogens is 235 g/mol. The second-order valence-corrected chi connectivity index (χ2v) is 2.33. The first-order valence-electron chi connectivity index (χ1n) is 3.67. The number of rotatable bonds is 3. The average Bonchev–Trinajstić information content (AvgIpc) is 2.21. The maximum absolute atomic E-state index is 11.8. The molecule has 0 radical (unpaired) electrons. The monoisotopic (exact) mass is 243 g/mol. The molecule has 0 atom stereocenters. The second kappa shape index (κ2) is 5.24. The van der Waals surface area contributed by atoms with Crippen LogP contribution in [0.3, 0.4) is 0 Å². The van der Waals surface area contributed by atoms with Crippen LogP contribution in [0.15, 0.2) is 11.6 Å². The van der Waals surface area contributed by atoms with Crippen molar-refractivity contribution in [2.45, 2.75) is 6.18 Å². The third-order valence-corrected chi connectivity index (χ3v) is 1.29. The Morgan fingerprint density at radius 1 is 1.19 bits per heavy atom. The highest BCUT2D eigenvalue weighted by Crippen LogP contribution is 2.15. The molecule has 0 saturated carbocycles. The summed E-state index contributed by atoms with van der Waals surface area (Å²) < 4.78 is 43.6. The van der Waals surface area contributed by atoms with E-state index in [1.54, 1.807) is 0 Å². The van der Waals surface area contributed by atoms with Crippen LogP contribution in [0.1, 0.15) is 0 Å². The predicted octanol–water partition coefficient (Wildman–Crippen LogP) is 0.211. The molecule has 0 spiro atoms. The van der Waals surface area contributed by atoms with Crippen molar-refractivity contribution in [3.8, 4) is 0 Å². The van der Waals surface area contributed by atoms with Gasteiger partial charge in [-0.3, -0.25) is 4.79 Å². The minimum absolute atomic E-state index is 0.852. The zero-order valence-corrected chi connectivity index (χ0v) is 8.21. The van der Waals surface area contributed by atoms with Crippen molar-refractivity contribution < 1.29 is 37.3 Å². The van der Waals surface area contributed by atoms with Crippen LogP contribution in [0.2, 0.25) is 0 Å². The minimum Gasteiger partial charge on any atom is -0.479 e. The quantitative estimate of drug-likeness (QED) is 0.420. The Labute approximate surface area is 87.6 Å². The fraction of sp³-hybridized carbons (Fsp3) is 0.429. The van der Waals surface area contributed by atoms with Gasteiger partial charge < -0.3 is 19.9 Å². The van der Waals surface area contributed by atoms with Crippen LogP contribution in [0, 0.1) is 0 Å². The smallest absolute Gasteiger partial charge is 0.471 e. The van der Waals surface area contributed by atoms with Gasteiger partial charge in [0.1, 0.15) is 0 Å². The van der Waals surface area contributed by atoms with E-state index in [2.05, 4.69) is 9.47 Å². The summed E-state index contributed by atoms with van der Waals surface area (Å²) in [5, 5.41) is 10.0. The van der Waals surface area contributed by atoms with Gasteiger partial charge in [-0.2, -0.15) is 13.2 Å². The van der Waals surface area contributed by atoms with Crippen molar-refractivity contribution in [2.75, 3.05) is 14.2 Å². The lowest BCUT2D eigenvalue weighted by atomic mass is 10.4. The molecular formula is C7H8F3NO5. The van der Waals surface area contributed by atoms with Crippen LogP contribution in [-0.4, -0.2) is 37.4 Å². The Bertz CT molecular complexity index is 322. The van der Waals surface area contributed by atoms with Gasteiger partial charge in [0.15, 0.2) is 0 Å². The first-order valence-corrected chi connectivity index (χ1v) is 3.67. The topological polar surface area (TPSA) is 84.9 Å². The van der Waals surface area contributed by atoms with Gasteiger partial charge in [-0.25, -0.2) is 4.79 Å². The van der Waals surface area contributed by atoms with E-state index in [4.69, 9.17) is 5.11 Å². The zero-order valence-electron chi connectivity index (χ0n) is 8.21. The summed E-state index contributed by atoms with van der Waals surface area (Å²) in [4.78, 5) is 21.3. The van der Waals surface area contributed by atoms with Gasteiger partial charge in [0.2, 0.25) is 5.70 Å². The summed E-state index contributed by atoms with van der Waals surface area (Å²) in [6.45, 7) is 0. The number of aliphatic hydroxyl groups is 1. The lowest BCUT2D eigenvalue weighted by Gasteiger charge is -2.10. The van der Waals surface area contributed by atoms with Crippen molar-refractivity contribution in [2.24, 2.45) is 0 Å². The van der Waals surface area contributed by atoms with Gasteiger partial charge in [-0.05, 0) is 0 Å². The maximum Gasteiger partial charge on any atom is 0.471 e. The summed E-state index contributed by atoms with van der Waals surface area (Å²) in [7, 11) is 1.74. The van der Waals surface area contributed by atoms with Crippen molar-refractivity contribution in [1.82, 2.24) is 5.32 Å². The molecule has 0 saturated heterocycles. The van der Waals surface area contributed by atoms with E-state index in [1.165, 1.54) is 0 Å². The van der Waals surface area contributed by atoms with Gasteiger partial charge in [-0.15, -0.1) is 0 Å². The Hall–Kier alpha value is -1.93. The zero-order chi connectivity index (χ0) is 12.9. The largest absolute Gasteiger partial charge is 0.479 e.